The molecular formula is C15H17ClN4. The number of aromatic nitrogens is 3. The Labute approximate surface area is 123 Å². The molecule has 0 unspecified atom stereocenters. The van der Waals surface area contributed by atoms with Gasteiger partial charge in [-0.25, -0.2) is 9.97 Å². The summed E-state index contributed by atoms with van der Waals surface area (Å²) in [6, 6.07) is 5.75. The summed E-state index contributed by atoms with van der Waals surface area (Å²) in [5, 5.41) is 0.659. The number of hydrogen-bond acceptors (Lipinski definition) is 4. The summed E-state index contributed by atoms with van der Waals surface area (Å²) in [4.78, 5) is 15.7. The van der Waals surface area contributed by atoms with Crippen LogP contribution in [0.2, 0.25) is 5.02 Å². The molecule has 0 saturated carbocycles. The van der Waals surface area contributed by atoms with Crippen LogP contribution in [0.1, 0.15) is 25.0 Å². The predicted molar refractivity (Wildman–Crippen MR) is 81.1 cm³/mol. The first-order valence-corrected chi connectivity index (χ1v) is 7.34. The van der Waals surface area contributed by atoms with Crippen molar-refractivity contribution < 1.29 is 0 Å². The van der Waals surface area contributed by atoms with Gasteiger partial charge in [0.25, 0.3) is 0 Å². The Morgan fingerprint density at radius 3 is 2.60 bits per heavy atom. The molecule has 20 heavy (non-hydrogen) atoms. The van der Waals surface area contributed by atoms with Crippen molar-refractivity contribution in [2.24, 2.45) is 0 Å². The molecule has 4 nitrogen and oxygen atoms in total. The van der Waals surface area contributed by atoms with Crippen molar-refractivity contribution in [2.45, 2.75) is 26.2 Å². The summed E-state index contributed by atoms with van der Waals surface area (Å²) in [5.41, 5.74) is 1.59. The Morgan fingerprint density at radius 1 is 1.10 bits per heavy atom. The minimum atomic E-state index is 0.646. The lowest BCUT2D eigenvalue weighted by atomic mass is 10.1. The second kappa shape index (κ2) is 5.75. The number of anilines is 1. The van der Waals surface area contributed by atoms with Crippen molar-refractivity contribution in [3.63, 3.8) is 0 Å². The van der Waals surface area contributed by atoms with E-state index in [2.05, 4.69) is 19.9 Å². The molecule has 1 aliphatic heterocycles. The van der Waals surface area contributed by atoms with Crippen LogP contribution in [-0.2, 0) is 0 Å². The van der Waals surface area contributed by atoms with Crippen LogP contribution in [0.25, 0.3) is 11.5 Å². The van der Waals surface area contributed by atoms with Crippen LogP contribution in [0.15, 0.2) is 24.4 Å². The maximum atomic E-state index is 6.40. The molecule has 0 bridgehead atoms. The molecule has 0 aromatic carbocycles. The van der Waals surface area contributed by atoms with Crippen LogP contribution in [0.5, 0.6) is 0 Å². The minimum absolute atomic E-state index is 0.646. The Hall–Kier alpha value is -1.68. The van der Waals surface area contributed by atoms with Crippen molar-refractivity contribution in [1.29, 1.82) is 0 Å². The lowest BCUT2D eigenvalue weighted by Crippen LogP contribution is -2.30. The van der Waals surface area contributed by atoms with E-state index in [9.17, 15) is 0 Å². The molecule has 5 heteroatoms. The first kappa shape index (κ1) is 13.3. The van der Waals surface area contributed by atoms with Gasteiger partial charge in [0.2, 0.25) is 0 Å². The fraction of sp³-hybridized carbons (Fsp3) is 0.400. The molecule has 0 spiro atoms. The molecule has 0 radical (unpaired) electrons. The summed E-state index contributed by atoms with van der Waals surface area (Å²) in [5.74, 6) is 1.49. The Kier molecular flexibility index (Phi) is 3.83. The SMILES string of the molecule is Cc1nc(-c2ccccn2)nc(N2CCCCC2)c1Cl. The van der Waals surface area contributed by atoms with Gasteiger partial charge >= 0.3 is 0 Å². The largest absolute Gasteiger partial charge is 0.355 e. The fourth-order valence-electron chi connectivity index (χ4n) is 2.47. The highest BCUT2D eigenvalue weighted by Crippen LogP contribution is 2.30. The van der Waals surface area contributed by atoms with Gasteiger partial charge in [-0.3, -0.25) is 4.98 Å². The first-order chi connectivity index (χ1) is 9.75. The Morgan fingerprint density at radius 2 is 1.90 bits per heavy atom. The average molecular weight is 289 g/mol. The number of halogens is 1. The quantitative estimate of drug-likeness (QED) is 0.848. The average Bonchev–Trinajstić information content (AvgIpc) is 2.51. The van der Waals surface area contributed by atoms with Crippen molar-refractivity contribution >= 4 is 17.4 Å². The van der Waals surface area contributed by atoms with Crippen LogP contribution in [0, 0.1) is 6.92 Å². The third-order valence-corrected chi connectivity index (χ3v) is 3.99. The van der Waals surface area contributed by atoms with Gasteiger partial charge in [0.05, 0.1) is 5.69 Å². The highest BCUT2D eigenvalue weighted by molar-refractivity contribution is 6.33. The standard InChI is InChI=1S/C15H17ClN4/c1-11-13(16)15(20-9-5-2-6-10-20)19-14(18-11)12-7-3-4-8-17-12/h3-4,7-8H,2,5-6,9-10H2,1H3. The van der Waals surface area contributed by atoms with E-state index in [1.807, 2.05) is 25.1 Å². The van der Waals surface area contributed by atoms with Crippen LogP contribution in [0.4, 0.5) is 5.82 Å². The molecule has 0 atom stereocenters. The molecule has 2 aromatic heterocycles. The summed E-state index contributed by atoms with van der Waals surface area (Å²) in [6.45, 7) is 3.94. The minimum Gasteiger partial charge on any atom is -0.355 e. The van der Waals surface area contributed by atoms with Crippen LogP contribution in [-0.4, -0.2) is 28.0 Å². The Bertz CT molecular complexity index is 594. The van der Waals surface area contributed by atoms with Gasteiger partial charge in [-0.15, -0.1) is 0 Å². The van der Waals surface area contributed by atoms with Crippen molar-refractivity contribution in [2.75, 3.05) is 18.0 Å². The van der Waals surface area contributed by atoms with E-state index in [0.29, 0.717) is 10.8 Å². The molecule has 1 fully saturated rings. The van der Waals surface area contributed by atoms with Gasteiger partial charge in [0.1, 0.15) is 10.7 Å². The van der Waals surface area contributed by atoms with Gasteiger partial charge in [-0.2, -0.15) is 0 Å². The van der Waals surface area contributed by atoms with Crippen molar-refractivity contribution in [3.8, 4) is 11.5 Å². The zero-order chi connectivity index (χ0) is 13.9. The predicted octanol–water partition coefficient (Wildman–Crippen LogP) is 3.49. The summed E-state index contributed by atoms with van der Waals surface area (Å²) >= 11 is 6.40. The summed E-state index contributed by atoms with van der Waals surface area (Å²) < 4.78 is 0. The molecule has 0 aliphatic carbocycles. The Balaban J connectivity index is 2.03. The van der Waals surface area contributed by atoms with Crippen molar-refractivity contribution in [1.82, 2.24) is 15.0 Å². The number of hydrogen-bond donors (Lipinski definition) is 0. The van der Waals surface area contributed by atoms with Crippen LogP contribution >= 0.6 is 11.6 Å². The molecule has 1 saturated heterocycles. The number of aryl methyl sites for hydroxylation is 1. The van der Waals surface area contributed by atoms with E-state index in [1.54, 1.807) is 6.20 Å². The number of nitrogens with zero attached hydrogens (tertiary/aromatic N) is 4. The monoisotopic (exact) mass is 288 g/mol. The lowest BCUT2D eigenvalue weighted by molar-refractivity contribution is 0.573. The van der Waals surface area contributed by atoms with E-state index in [-0.39, 0.29) is 0 Å². The smallest absolute Gasteiger partial charge is 0.180 e. The van der Waals surface area contributed by atoms with Crippen molar-refractivity contribution in [3.05, 3.63) is 35.1 Å². The maximum Gasteiger partial charge on any atom is 0.180 e. The van der Waals surface area contributed by atoms with E-state index < -0.39 is 0 Å². The van der Waals surface area contributed by atoms with Crippen LogP contribution in [0.3, 0.4) is 0 Å². The highest BCUT2D eigenvalue weighted by Gasteiger charge is 2.19. The molecular weight excluding hydrogens is 272 g/mol. The lowest BCUT2D eigenvalue weighted by Gasteiger charge is -2.28. The summed E-state index contributed by atoms with van der Waals surface area (Å²) in [7, 11) is 0. The molecule has 1 aliphatic rings. The molecule has 3 rings (SSSR count). The third-order valence-electron chi connectivity index (χ3n) is 3.55. The van der Waals surface area contributed by atoms with Crippen LogP contribution < -0.4 is 4.90 Å². The first-order valence-electron chi connectivity index (χ1n) is 6.96. The number of piperidine rings is 1. The number of rotatable bonds is 2. The second-order valence-electron chi connectivity index (χ2n) is 5.03. The van der Waals surface area contributed by atoms with E-state index >= 15 is 0 Å². The van der Waals surface area contributed by atoms with E-state index in [0.717, 1.165) is 30.3 Å². The normalized spacial score (nSPS) is 15.4. The molecule has 104 valence electrons. The topological polar surface area (TPSA) is 41.9 Å². The van der Waals surface area contributed by atoms with Gasteiger partial charge in [-0.1, -0.05) is 17.7 Å². The van der Waals surface area contributed by atoms with Gasteiger partial charge in [0.15, 0.2) is 11.6 Å². The molecule has 0 amide bonds. The van der Waals surface area contributed by atoms with E-state index in [4.69, 9.17) is 11.6 Å². The molecule has 2 aromatic rings. The molecule has 3 heterocycles. The van der Waals surface area contributed by atoms with Gasteiger partial charge in [-0.05, 0) is 38.3 Å². The van der Waals surface area contributed by atoms with Gasteiger partial charge < -0.3 is 4.90 Å². The van der Waals surface area contributed by atoms with Gasteiger partial charge in [0, 0.05) is 19.3 Å². The fourth-order valence-corrected chi connectivity index (χ4v) is 2.67. The maximum absolute atomic E-state index is 6.40. The zero-order valence-electron chi connectivity index (χ0n) is 11.5. The highest BCUT2D eigenvalue weighted by atomic mass is 35.5. The third kappa shape index (κ3) is 2.61. The number of pyridine rings is 1. The van der Waals surface area contributed by atoms with E-state index in [1.165, 1.54) is 19.3 Å². The zero-order valence-corrected chi connectivity index (χ0v) is 12.3. The summed E-state index contributed by atoms with van der Waals surface area (Å²) in [6.07, 6.45) is 5.42. The molecule has 0 N–H and O–H groups in total. The second-order valence-corrected chi connectivity index (χ2v) is 5.41.